The Balaban J connectivity index is 2.15. The molecule has 2 rings (SSSR count). The van der Waals surface area contributed by atoms with Crippen LogP contribution in [0.25, 0.3) is 0 Å². The third-order valence-electron chi connectivity index (χ3n) is 3.17. The van der Waals surface area contributed by atoms with Crippen LogP contribution in [0, 0.1) is 5.41 Å². The van der Waals surface area contributed by atoms with E-state index < -0.39 is 0 Å². The summed E-state index contributed by atoms with van der Waals surface area (Å²) in [5.41, 5.74) is 0.272. The normalized spacial score (nSPS) is 39.2. The lowest BCUT2D eigenvalue weighted by atomic mass is 9.82. The zero-order chi connectivity index (χ0) is 9.31. The van der Waals surface area contributed by atoms with E-state index in [4.69, 9.17) is 4.84 Å². The van der Waals surface area contributed by atoms with E-state index in [1.165, 1.54) is 32.4 Å². The number of rotatable bonds is 2. The molecule has 0 spiro atoms. The van der Waals surface area contributed by atoms with Crippen molar-refractivity contribution in [3.63, 3.8) is 0 Å². The topological polar surface area (TPSA) is 24.8 Å². The predicted molar refractivity (Wildman–Crippen MR) is 56.1 cm³/mol. The summed E-state index contributed by atoms with van der Waals surface area (Å²) in [7, 11) is 1.60. The van der Waals surface area contributed by atoms with Crippen LogP contribution in [0.5, 0.6) is 0 Å². The Hall–Kier alpha value is -0.0900. The predicted octanol–water partition coefficient (Wildman–Crippen LogP) is 1.83. The molecule has 0 aromatic heterocycles. The average molecular weight is 247 g/mol. The van der Waals surface area contributed by atoms with E-state index in [1.54, 1.807) is 7.11 Å². The van der Waals surface area contributed by atoms with Crippen LogP contribution in [0.15, 0.2) is 5.16 Å². The SMILES string of the molecule is CON=C(Br)[C@]12CCCN(CC1)C2. The number of hydrogen-bond donors (Lipinski definition) is 0. The fourth-order valence-electron chi connectivity index (χ4n) is 2.44. The molecule has 0 aromatic rings. The molecule has 2 aliphatic rings. The van der Waals surface area contributed by atoms with Crippen LogP contribution in [0.1, 0.15) is 19.3 Å². The van der Waals surface area contributed by atoms with E-state index in [0.717, 1.165) is 11.2 Å². The molecule has 0 radical (unpaired) electrons. The van der Waals surface area contributed by atoms with Gasteiger partial charge in [0.05, 0.1) is 0 Å². The van der Waals surface area contributed by atoms with Crippen molar-refractivity contribution in [3.05, 3.63) is 0 Å². The van der Waals surface area contributed by atoms with Gasteiger partial charge in [0.15, 0.2) is 0 Å². The molecule has 2 bridgehead atoms. The van der Waals surface area contributed by atoms with Gasteiger partial charge in [-0.2, -0.15) is 0 Å². The highest BCUT2D eigenvalue weighted by molar-refractivity contribution is 9.18. The fraction of sp³-hybridized carbons (Fsp3) is 0.889. The van der Waals surface area contributed by atoms with Gasteiger partial charge in [-0.15, -0.1) is 0 Å². The molecular formula is C9H15BrN2O. The Kier molecular flexibility index (Phi) is 2.60. The van der Waals surface area contributed by atoms with Crippen molar-refractivity contribution in [2.24, 2.45) is 10.6 Å². The summed E-state index contributed by atoms with van der Waals surface area (Å²) in [4.78, 5) is 7.33. The number of oxime groups is 1. The van der Waals surface area contributed by atoms with Gasteiger partial charge in [0, 0.05) is 12.0 Å². The second kappa shape index (κ2) is 3.58. The number of hydrogen-bond acceptors (Lipinski definition) is 3. The van der Waals surface area contributed by atoms with Crippen molar-refractivity contribution in [3.8, 4) is 0 Å². The molecule has 0 amide bonds. The van der Waals surface area contributed by atoms with Crippen LogP contribution < -0.4 is 0 Å². The highest BCUT2D eigenvalue weighted by atomic mass is 79.9. The van der Waals surface area contributed by atoms with Crippen molar-refractivity contribution in [2.45, 2.75) is 19.3 Å². The minimum atomic E-state index is 0.272. The molecular weight excluding hydrogens is 232 g/mol. The van der Waals surface area contributed by atoms with Crippen molar-refractivity contribution in [1.82, 2.24) is 4.90 Å². The first-order valence-corrected chi connectivity index (χ1v) is 5.56. The molecule has 13 heavy (non-hydrogen) atoms. The van der Waals surface area contributed by atoms with Crippen molar-refractivity contribution in [1.29, 1.82) is 0 Å². The summed E-state index contributed by atoms with van der Waals surface area (Å²) >= 11 is 3.54. The Morgan fingerprint density at radius 3 is 3.08 bits per heavy atom. The lowest BCUT2D eigenvalue weighted by Crippen LogP contribution is -2.37. The van der Waals surface area contributed by atoms with E-state index >= 15 is 0 Å². The summed E-state index contributed by atoms with van der Waals surface area (Å²) < 4.78 is 1.00. The fourth-order valence-corrected chi connectivity index (χ4v) is 3.11. The molecule has 0 N–H and O–H groups in total. The van der Waals surface area contributed by atoms with Gasteiger partial charge in [-0.3, -0.25) is 0 Å². The number of fused-ring (bicyclic) bond motifs is 2. The van der Waals surface area contributed by atoms with E-state index in [1.807, 2.05) is 0 Å². The van der Waals surface area contributed by atoms with Gasteiger partial charge in [0.1, 0.15) is 11.7 Å². The Morgan fingerprint density at radius 1 is 1.46 bits per heavy atom. The third kappa shape index (κ3) is 1.62. The van der Waals surface area contributed by atoms with Gasteiger partial charge < -0.3 is 9.74 Å². The first-order valence-electron chi connectivity index (χ1n) is 4.76. The highest BCUT2D eigenvalue weighted by Gasteiger charge is 2.44. The second-order valence-corrected chi connectivity index (χ2v) is 4.73. The first kappa shape index (κ1) is 9.46. The minimum Gasteiger partial charge on any atom is -0.398 e. The smallest absolute Gasteiger partial charge is 0.130 e. The van der Waals surface area contributed by atoms with E-state index in [2.05, 4.69) is 26.0 Å². The lowest BCUT2D eigenvalue weighted by Gasteiger charge is -2.32. The molecule has 3 nitrogen and oxygen atoms in total. The van der Waals surface area contributed by atoms with Crippen LogP contribution in [-0.4, -0.2) is 36.3 Å². The van der Waals surface area contributed by atoms with Gasteiger partial charge >= 0.3 is 0 Å². The summed E-state index contributed by atoms with van der Waals surface area (Å²) in [5.74, 6) is 0. The summed E-state index contributed by atoms with van der Waals surface area (Å²) in [6, 6.07) is 0. The quantitative estimate of drug-likeness (QED) is 0.549. The highest BCUT2D eigenvalue weighted by Crippen LogP contribution is 2.42. The average Bonchev–Trinajstić information content (AvgIpc) is 2.44. The van der Waals surface area contributed by atoms with Gasteiger partial charge in [-0.1, -0.05) is 5.16 Å². The molecule has 2 atom stereocenters. The van der Waals surface area contributed by atoms with Crippen molar-refractivity contribution < 1.29 is 4.84 Å². The summed E-state index contributed by atoms with van der Waals surface area (Å²) in [6.45, 7) is 3.63. The van der Waals surface area contributed by atoms with Crippen LogP contribution in [0.4, 0.5) is 0 Å². The second-order valence-electron chi connectivity index (χ2n) is 3.97. The molecule has 2 aliphatic heterocycles. The maximum absolute atomic E-state index is 4.82. The molecule has 2 saturated heterocycles. The maximum atomic E-state index is 4.82. The summed E-state index contributed by atoms with van der Waals surface area (Å²) in [6.07, 6.45) is 3.76. The lowest BCUT2D eigenvalue weighted by molar-refractivity contribution is 0.199. The number of nitrogens with zero attached hydrogens (tertiary/aromatic N) is 2. The van der Waals surface area contributed by atoms with Crippen molar-refractivity contribution in [2.75, 3.05) is 26.7 Å². The van der Waals surface area contributed by atoms with Gasteiger partial charge in [-0.05, 0) is 48.3 Å². The zero-order valence-electron chi connectivity index (χ0n) is 7.92. The molecule has 2 fully saturated rings. The van der Waals surface area contributed by atoms with E-state index in [9.17, 15) is 0 Å². The first-order chi connectivity index (χ1) is 6.27. The van der Waals surface area contributed by atoms with Crippen LogP contribution >= 0.6 is 15.9 Å². The standard InChI is InChI=1S/C9H15BrN2O/c1-13-11-8(10)9-3-2-5-12(7-9)6-4-9/h2-7H2,1H3/t9-/m1/s1. The van der Waals surface area contributed by atoms with Crippen molar-refractivity contribution >= 4 is 20.6 Å². The molecule has 0 saturated carbocycles. The molecule has 0 aromatic carbocycles. The molecule has 74 valence electrons. The van der Waals surface area contributed by atoms with Crippen LogP contribution in [0.2, 0.25) is 0 Å². The molecule has 1 unspecified atom stereocenters. The minimum absolute atomic E-state index is 0.272. The summed E-state index contributed by atoms with van der Waals surface area (Å²) in [5, 5.41) is 4.02. The largest absolute Gasteiger partial charge is 0.398 e. The Morgan fingerprint density at radius 2 is 2.31 bits per heavy atom. The zero-order valence-corrected chi connectivity index (χ0v) is 9.51. The molecule has 2 heterocycles. The van der Waals surface area contributed by atoms with Crippen LogP contribution in [-0.2, 0) is 4.84 Å². The van der Waals surface area contributed by atoms with E-state index in [-0.39, 0.29) is 5.41 Å². The number of halogens is 1. The molecule has 4 heteroatoms. The van der Waals surface area contributed by atoms with Gasteiger partial charge in [0.2, 0.25) is 0 Å². The Labute approximate surface area is 87.2 Å². The third-order valence-corrected chi connectivity index (χ3v) is 4.16. The van der Waals surface area contributed by atoms with Crippen LogP contribution in [0.3, 0.4) is 0 Å². The monoisotopic (exact) mass is 246 g/mol. The van der Waals surface area contributed by atoms with Gasteiger partial charge in [-0.25, -0.2) is 0 Å². The molecule has 0 aliphatic carbocycles. The van der Waals surface area contributed by atoms with E-state index in [0.29, 0.717) is 0 Å². The Bertz CT molecular complexity index is 228. The van der Waals surface area contributed by atoms with Gasteiger partial charge in [0.25, 0.3) is 0 Å². The number of piperidine rings is 1. The maximum Gasteiger partial charge on any atom is 0.130 e.